The van der Waals surface area contributed by atoms with E-state index in [4.69, 9.17) is 9.47 Å². The monoisotopic (exact) mass is 186 g/mol. The minimum atomic E-state index is 0.314. The van der Waals surface area contributed by atoms with Gasteiger partial charge in [-0.3, -0.25) is 0 Å². The molecule has 0 N–H and O–H groups in total. The van der Waals surface area contributed by atoms with Gasteiger partial charge in [0.15, 0.2) is 0 Å². The Labute approximate surface area is 81.6 Å². The van der Waals surface area contributed by atoms with E-state index in [1.54, 1.807) is 0 Å². The Balaban J connectivity index is 2.24. The maximum Gasteiger partial charge on any atom is 0.0569 e. The molecule has 0 bridgehead atoms. The molecule has 0 atom stereocenters. The molecule has 0 saturated carbocycles. The highest BCUT2D eigenvalue weighted by Crippen LogP contribution is 2.35. The van der Waals surface area contributed by atoms with Crippen LogP contribution in [0.2, 0.25) is 0 Å². The first kappa shape index (κ1) is 11.0. The average Bonchev–Trinajstić information content (AvgIpc) is 1.93. The van der Waals surface area contributed by atoms with Crippen molar-refractivity contribution >= 4 is 0 Å². The highest BCUT2D eigenvalue weighted by atomic mass is 16.5. The highest BCUT2D eigenvalue weighted by molar-refractivity contribution is 4.88. The number of hydrogen-bond donors (Lipinski definition) is 0. The van der Waals surface area contributed by atoms with E-state index in [0.717, 1.165) is 26.4 Å². The first-order valence-electron chi connectivity index (χ1n) is 5.22. The van der Waals surface area contributed by atoms with Crippen LogP contribution in [-0.4, -0.2) is 26.4 Å². The Kier molecular flexibility index (Phi) is 3.74. The second-order valence-corrected chi connectivity index (χ2v) is 4.92. The summed E-state index contributed by atoms with van der Waals surface area (Å²) in [5.74, 6) is 1.29. The smallest absolute Gasteiger partial charge is 0.0569 e. The van der Waals surface area contributed by atoms with Gasteiger partial charge in [0, 0.05) is 12.0 Å². The molecule has 0 unspecified atom stereocenters. The van der Waals surface area contributed by atoms with Crippen LogP contribution in [0.5, 0.6) is 0 Å². The van der Waals surface area contributed by atoms with Crippen molar-refractivity contribution in [3.63, 3.8) is 0 Å². The Morgan fingerprint density at radius 1 is 1.23 bits per heavy atom. The van der Waals surface area contributed by atoms with E-state index in [9.17, 15) is 0 Å². The normalized spacial score (nSPS) is 20.8. The molecule has 2 nitrogen and oxygen atoms in total. The molecule has 78 valence electrons. The molecule has 1 aliphatic heterocycles. The average molecular weight is 186 g/mol. The quantitative estimate of drug-likeness (QED) is 0.656. The Bertz CT molecular complexity index is 148. The van der Waals surface area contributed by atoms with Crippen molar-refractivity contribution in [2.45, 2.75) is 27.7 Å². The molecule has 1 heterocycles. The van der Waals surface area contributed by atoms with Gasteiger partial charge in [-0.1, -0.05) is 27.7 Å². The lowest BCUT2D eigenvalue weighted by molar-refractivity contribution is -0.173. The van der Waals surface area contributed by atoms with Crippen LogP contribution in [0.3, 0.4) is 0 Å². The lowest BCUT2D eigenvalue weighted by Gasteiger charge is -2.44. The number of rotatable bonds is 5. The third kappa shape index (κ3) is 2.68. The highest BCUT2D eigenvalue weighted by Gasteiger charge is 2.41. The molecule has 0 aromatic rings. The predicted octanol–water partition coefficient (Wildman–Crippen LogP) is 2.33. The fourth-order valence-corrected chi connectivity index (χ4v) is 1.45. The summed E-state index contributed by atoms with van der Waals surface area (Å²) in [5, 5.41) is 0. The zero-order valence-corrected chi connectivity index (χ0v) is 9.30. The predicted molar refractivity (Wildman–Crippen MR) is 53.7 cm³/mol. The van der Waals surface area contributed by atoms with Crippen molar-refractivity contribution in [1.29, 1.82) is 0 Å². The van der Waals surface area contributed by atoms with Gasteiger partial charge in [-0.15, -0.1) is 0 Å². The molecule has 1 aliphatic rings. The lowest BCUT2D eigenvalue weighted by Crippen LogP contribution is -2.50. The molecular formula is C11H22O2. The summed E-state index contributed by atoms with van der Waals surface area (Å²) in [6.45, 7) is 12.4. The van der Waals surface area contributed by atoms with Crippen molar-refractivity contribution in [3.05, 3.63) is 0 Å². The molecule has 13 heavy (non-hydrogen) atoms. The molecule has 0 aromatic carbocycles. The standard InChI is InChI=1S/C11H22O2/c1-9(2)5-12-6-11(10(3)4)7-13-8-11/h9-10H,5-8H2,1-4H3. The Morgan fingerprint density at radius 3 is 2.15 bits per heavy atom. The van der Waals surface area contributed by atoms with Crippen molar-refractivity contribution in [1.82, 2.24) is 0 Å². The van der Waals surface area contributed by atoms with Crippen molar-refractivity contribution in [2.24, 2.45) is 17.3 Å². The largest absolute Gasteiger partial charge is 0.380 e. The first-order chi connectivity index (χ1) is 6.07. The van der Waals surface area contributed by atoms with Crippen molar-refractivity contribution in [2.75, 3.05) is 26.4 Å². The molecule has 1 fully saturated rings. The Hall–Kier alpha value is -0.0800. The van der Waals surface area contributed by atoms with Gasteiger partial charge in [-0.25, -0.2) is 0 Å². The van der Waals surface area contributed by atoms with Crippen molar-refractivity contribution in [3.8, 4) is 0 Å². The van der Waals surface area contributed by atoms with E-state index < -0.39 is 0 Å². The van der Waals surface area contributed by atoms with Crippen LogP contribution in [0.4, 0.5) is 0 Å². The van der Waals surface area contributed by atoms with E-state index in [1.807, 2.05) is 0 Å². The minimum absolute atomic E-state index is 0.314. The van der Waals surface area contributed by atoms with Gasteiger partial charge < -0.3 is 9.47 Å². The van der Waals surface area contributed by atoms with Gasteiger partial charge in [0.25, 0.3) is 0 Å². The van der Waals surface area contributed by atoms with Crippen LogP contribution >= 0.6 is 0 Å². The van der Waals surface area contributed by atoms with Gasteiger partial charge in [-0.05, 0) is 11.8 Å². The van der Waals surface area contributed by atoms with Crippen LogP contribution in [0.1, 0.15) is 27.7 Å². The molecular weight excluding hydrogens is 164 g/mol. The van der Waals surface area contributed by atoms with E-state index in [-0.39, 0.29) is 0 Å². The minimum Gasteiger partial charge on any atom is -0.380 e. The van der Waals surface area contributed by atoms with Gasteiger partial charge in [-0.2, -0.15) is 0 Å². The molecule has 2 heteroatoms. The van der Waals surface area contributed by atoms with Crippen LogP contribution in [-0.2, 0) is 9.47 Å². The summed E-state index contributed by atoms with van der Waals surface area (Å²) < 4.78 is 11.0. The topological polar surface area (TPSA) is 18.5 Å². The van der Waals surface area contributed by atoms with Gasteiger partial charge in [0.05, 0.1) is 19.8 Å². The van der Waals surface area contributed by atoms with Gasteiger partial charge in [0.2, 0.25) is 0 Å². The molecule has 0 spiro atoms. The summed E-state index contributed by atoms with van der Waals surface area (Å²) in [7, 11) is 0. The van der Waals surface area contributed by atoms with Crippen molar-refractivity contribution < 1.29 is 9.47 Å². The number of ether oxygens (including phenoxy) is 2. The molecule has 0 aliphatic carbocycles. The summed E-state index contributed by atoms with van der Waals surface area (Å²) in [5.41, 5.74) is 0.314. The van der Waals surface area contributed by atoms with E-state index in [0.29, 0.717) is 17.3 Å². The van der Waals surface area contributed by atoms with E-state index in [2.05, 4.69) is 27.7 Å². The Morgan fingerprint density at radius 2 is 1.85 bits per heavy atom. The number of hydrogen-bond acceptors (Lipinski definition) is 2. The molecule has 1 rings (SSSR count). The van der Waals surface area contributed by atoms with Gasteiger partial charge in [0.1, 0.15) is 0 Å². The summed E-state index contributed by atoms with van der Waals surface area (Å²) in [4.78, 5) is 0. The fraction of sp³-hybridized carbons (Fsp3) is 1.00. The second-order valence-electron chi connectivity index (χ2n) is 4.92. The molecule has 0 radical (unpaired) electrons. The zero-order chi connectivity index (χ0) is 9.90. The maximum absolute atomic E-state index is 5.68. The van der Waals surface area contributed by atoms with E-state index >= 15 is 0 Å². The third-order valence-corrected chi connectivity index (χ3v) is 2.84. The zero-order valence-electron chi connectivity index (χ0n) is 9.30. The maximum atomic E-state index is 5.68. The van der Waals surface area contributed by atoms with Crippen LogP contribution in [0.25, 0.3) is 0 Å². The summed E-state index contributed by atoms with van der Waals surface area (Å²) >= 11 is 0. The molecule has 0 amide bonds. The van der Waals surface area contributed by atoms with Gasteiger partial charge >= 0.3 is 0 Å². The molecule has 1 saturated heterocycles. The van der Waals surface area contributed by atoms with E-state index in [1.165, 1.54) is 0 Å². The first-order valence-corrected chi connectivity index (χ1v) is 5.22. The van der Waals surface area contributed by atoms with Crippen LogP contribution in [0.15, 0.2) is 0 Å². The second kappa shape index (κ2) is 4.43. The van der Waals surface area contributed by atoms with Crippen LogP contribution < -0.4 is 0 Å². The fourth-order valence-electron chi connectivity index (χ4n) is 1.45. The third-order valence-electron chi connectivity index (χ3n) is 2.84. The summed E-state index contributed by atoms with van der Waals surface area (Å²) in [6.07, 6.45) is 0. The van der Waals surface area contributed by atoms with Crippen LogP contribution in [0, 0.1) is 17.3 Å². The molecule has 0 aromatic heterocycles. The summed E-state index contributed by atoms with van der Waals surface area (Å²) in [6, 6.07) is 0. The SMILES string of the molecule is CC(C)COCC1(C(C)C)COC1. The lowest BCUT2D eigenvalue weighted by atomic mass is 9.76.